The van der Waals surface area contributed by atoms with E-state index in [0.29, 0.717) is 0 Å². The first kappa shape index (κ1) is 11.6. The van der Waals surface area contributed by atoms with Gasteiger partial charge in [-0.25, -0.2) is 0 Å². The number of aromatic hydroxyl groups is 1. The molecule has 1 amide bonds. The number of pyridine rings is 1. The van der Waals surface area contributed by atoms with E-state index in [1.807, 2.05) is 0 Å². The van der Waals surface area contributed by atoms with Gasteiger partial charge in [0.15, 0.2) is 0 Å². The van der Waals surface area contributed by atoms with Crippen LogP contribution in [-0.2, 0) is 6.54 Å². The third-order valence-corrected chi connectivity index (χ3v) is 2.63. The molecule has 0 aromatic carbocycles. The van der Waals surface area contributed by atoms with E-state index < -0.39 is 11.5 Å². The van der Waals surface area contributed by atoms with Crippen LogP contribution in [0.5, 0.6) is 5.88 Å². The van der Waals surface area contributed by atoms with Crippen LogP contribution < -0.4 is 11.3 Å². The summed E-state index contributed by atoms with van der Waals surface area (Å²) in [7, 11) is 0. The van der Waals surface area contributed by atoms with Gasteiger partial charge >= 0.3 is 0 Å². The van der Waals surface area contributed by atoms with Crippen LogP contribution in [0, 0.1) is 6.92 Å². The number of aromatic nitrogens is 1. The molecule has 6 heteroatoms. The second-order valence-corrected chi connectivity index (χ2v) is 3.43. The highest BCUT2D eigenvalue weighted by atomic mass is 35.5. The van der Waals surface area contributed by atoms with E-state index in [9.17, 15) is 14.7 Å². The molecule has 0 saturated carbocycles. The van der Waals surface area contributed by atoms with Crippen LogP contribution in [0.3, 0.4) is 0 Å². The largest absolute Gasteiger partial charge is 0.493 e. The lowest BCUT2D eigenvalue weighted by atomic mass is 10.1. The molecular weight excluding hydrogens is 220 g/mol. The first-order valence-electron chi connectivity index (χ1n) is 4.33. The average Bonchev–Trinajstić information content (AvgIpc) is 2.15. The zero-order valence-electron chi connectivity index (χ0n) is 8.37. The number of carbonyl (C=O) groups excluding carboxylic acids is 1. The monoisotopic (exact) mass is 230 g/mol. The first-order chi connectivity index (χ1) is 6.91. The van der Waals surface area contributed by atoms with Crippen LogP contribution in [-0.4, -0.2) is 15.6 Å². The topological polar surface area (TPSA) is 85.3 Å². The lowest BCUT2D eigenvalue weighted by Gasteiger charge is -2.11. The lowest BCUT2D eigenvalue weighted by molar-refractivity contribution is 0.0997. The number of nitrogens with zero attached hydrogens (tertiary/aromatic N) is 1. The molecule has 15 heavy (non-hydrogen) atoms. The Labute approximate surface area is 91.1 Å². The summed E-state index contributed by atoms with van der Waals surface area (Å²) in [4.78, 5) is 22.7. The highest BCUT2D eigenvalue weighted by Crippen LogP contribution is 2.26. The van der Waals surface area contributed by atoms with Crippen LogP contribution in [0.1, 0.15) is 22.8 Å². The second-order valence-electron chi connectivity index (χ2n) is 3.05. The van der Waals surface area contributed by atoms with Gasteiger partial charge in [0.25, 0.3) is 11.5 Å². The average molecular weight is 231 g/mol. The molecule has 1 rings (SSSR count). The molecule has 1 heterocycles. The number of carbonyl (C=O) groups is 1. The van der Waals surface area contributed by atoms with Gasteiger partial charge in [-0.2, -0.15) is 0 Å². The molecular formula is C9H11ClN2O3. The predicted molar refractivity (Wildman–Crippen MR) is 56.3 cm³/mol. The molecule has 0 aliphatic rings. The third kappa shape index (κ3) is 1.70. The molecule has 0 radical (unpaired) electrons. The number of primary amides is 1. The number of hydrogen-bond donors (Lipinski definition) is 2. The number of halogens is 1. The van der Waals surface area contributed by atoms with Crippen LogP contribution in [0.25, 0.3) is 0 Å². The second kappa shape index (κ2) is 3.94. The van der Waals surface area contributed by atoms with Gasteiger partial charge in [-0.1, -0.05) is 11.6 Å². The summed E-state index contributed by atoms with van der Waals surface area (Å²) < 4.78 is 0.995. The van der Waals surface area contributed by atoms with E-state index >= 15 is 0 Å². The fraction of sp³-hybridized carbons (Fsp3) is 0.333. The third-order valence-electron chi connectivity index (χ3n) is 2.18. The van der Waals surface area contributed by atoms with E-state index in [2.05, 4.69) is 0 Å². The number of nitrogens with two attached hydrogens (primary N) is 1. The van der Waals surface area contributed by atoms with Gasteiger partial charge < -0.3 is 10.8 Å². The SMILES string of the molecule is CCn1c(O)c(Cl)c(C)c(C(N)=O)c1=O. The summed E-state index contributed by atoms with van der Waals surface area (Å²) in [5, 5.41) is 9.52. The molecule has 0 fully saturated rings. The minimum absolute atomic E-state index is 0.0229. The summed E-state index contributed by atoms with van der Waals surface area (Å²) in [6.45, 7) is 3.33. The molecule has 0 aliphatic carbocycles. The van der Waals surface area contributed by atoms with E-state index in [1.165, 1.54) is 6.92 Å². The van der Waals surface area contributed by atoms with Crippen LogP contribution >= 0.6 is 11.6 Å². The summed E-state index contributed by atoms with van der Waals surface area (Å²) in [6, 6.07) is 0. The Bertz CT molecular complexity index is 479. The minimum Gasteiger partial charge on any atom is -0.493 e. The van der Waals surface area contributed by atoms with Gasteiger partial charge in [-0.05, 0) is 19.4 Å². The van der Waals surface area contributed by atoms with Gasteiger partial charge in [0, 0.05) is 6.54 Å². The van der Waals surface area contributed by atoms with Crippen molar-refractivity contribution in [3.63, 3.8) is 0 Å². The molecule has 0 aliphatic heterocycles. The Morgan fingerprint density at radius 3 is 2.53 bits per heavy atom. The smallest absolute Gasteiger partial charge is 0.266 e. The first-order valence-corrected chi connectivity index (χ1v) is 4.71. The standard InChI is InChI=1S/C9H11ClN2O3/c1-3-12-8(14)5(7(11)13)4(2)6(10)9(12)15/h15H,3H2,1-2H3,(H2,11,13). The molecule has 0 saturated heterocycles. The summed E-state index contributed by atoms with van der Waals surface area (Å²) >= 11 is 5.77. The van der Waals surface area contributed by atoms with Crippen molar-refractivity contribution in [3.05, 3.63) is 26.5 Å². The van der Waals surface area contributed by atoms with Crippen LogP contribution in [0.4, 0.5) is 0 Å². The minimum atomic E-state index is -0.846. The summed E-state index contributed by atoms with van der Waals surface area (Å²) in [5.41, 5.74) is 4.47. The van der Waals surface area contributed by atoms with Crippen molar-refractivity contribution >= 4 is 17.5 Å². The molecule has 1 aromatic rings. The molecule has 0 bridgehead atoms. The number of rotatable bonds is 2. The predicted octanol–water partition coefficient (Wildman–Crippen LogP) is 0.635. The fourth-order valence-corrected chi connectivity index (χ4v) is 1.57. The normalized spacial score (nSPS) is 10.3. The highest BCUT2D eigenvalue weighted by Gasteiger charge is 2.19. The zero-order valence-corrected chi connectivity index (χ0v) is 9.13. The van der Waals surface area contributed by atoms with Crippen molar-refractivity contribution < 1.29 is 9.90 Å². The maximum Gasteiger partial charge on any atom is 0.266 e. The van der Waals surface area contributed by atoms with Crippen LogP contribution in [0.15, 0.2) is 4.79 Å². The molecule has 0 spiro atoms. The van der Waals surface area contributed by atoms with Crippen molar-refractivity contribution in [3.8, 4) is 5.88 Å². The van der Waals surface area contributed by atoms with E-state index in [1.54, 1.807) is 6.92 Å². The Kier molecular flexibility index (Phi) is 3.04. The summed E-state index contributed by atoms with van der Waals surface area (Å²) in [5.74, 6) is -1.19. The van der Waals surface area contributed by atoms with E-state index in [0.717, 1.165) is 4.57 Å². The Morgan fingerprint density at radius 2 is 2.13 bits per heavy atom. The molecule has 3 N–H and O–H groups in total. The van der Waals surface area contributed by atoms with Crippen molar-refractivity contribution in [2.24, 2.45) is 5.73 Å². The number of hydrogen-bond acceptors (Lipinski definition) is 3. The van der Waals surface area contributed by atoms with Gasteiger partial charge in [0.2, 0.25) is 5.88 Å². The van der Waals surface area contributed by atoms with E-state index in [-0.39, 0.29) is 28.6 Å². The highest BCUT2D eigenvalue weighted by molar-refractivity contribution is 6.33. The quantitative estimate of drug-likeness (QED) is 0.782. The summed E-state index contributed by atoms with van der Waals surface area (Å²) in [6.07, 6.45) is 0. The van der Waals surface area contributed by atoms with Gasteiger partial charge in [0.05, 0.1) is 0 Å². The maximum absolute atomic E-state index is 11.7. The molecule has 0 unspecified atom stereocenters. The Hall–Kier alpha value is -1.49. The molecule has 5 nitrogen and oxygen atoms in total. The van der Waals surface area contributed by atoms with Crippen molar-refractivity contribution in [2.45, 2.75) is 20.4 Å². The van der Waals surface area contributed by atoms with Crippen molar-refractivity contribution in [1.82, 2.24) is 4.57 Å². The fourth-order valence-electron chi connectivity index (χ4n) is 1.37. The van der Waals surface area contributed by atoms with Gasteiger partial charge in [-0.15, -0.1) is 0 Å². The van der Waals surface area contributed by atoms with Gasteiger partial charge in [0.1, 0.15) is 10.6 Å². The Morgan fingerprint density at radius 1 is 1.60 bits per heavy atom. The lowest BCUT2D eigenvalue weighted by Crippen LogP contribution is -2.30. The van der Waals surface area contributed by atoms with E-state index in [4.69, 9.17) is 17.3 Å². The molecule has 0 atom stereocenters. The molecule has 82 valence electrons. The number of amides is 1. The van der Waals surface area contributed by atoms with Crippen LogP contribution in [0.2, 0.25) is 5.02 Å². The zero-order chi connectivity index (χ0) is 11.7. The van der Waals surface area contributed by atoms with Crippen molar-refractivity contribution in [2.75, 3.05) is 0 Å². The van der Waals surface area contributed by atoms with Crippen molar-refractivity contribution in [1.29, 1.82) is 0 Å². The maximum atomic E-state index is 11.7. The molecule has 1 aromatic heterocycles. The van der Waals surface area contributed by atoms with Gasteiger partial charge in [-0.3, -0.25) is 14.2 Å². The Balaban J connectivity index is 3.77.